The second-order valence-electron chi connectivity index (χ2n) is 4.36. The van der Waals surface area contributed by atoms with Crippen molar-refractivity contribution in [1.29, 1.82) is 0 Å². The summed E-state index contributed by atoms with van der Waals surface area (Å²) in [5.41, 5.74) is 0.995. The van der Waals surface area contributed by atoms with E-state index >= 15 is 0 Å². The zero-order valence-electron chi connectivity index (χ0n) is 9.86. The van der Waals surface area contributed by atoms with E-state index in [1.807, 2.05) is 24.3 Å². The average molecular weight is 220 g/mol. The van der Waals surface area contributed by atoms with Crippen LogP contribution in [0.3, 0.4) is 0 Å². The molecule has 0 fully saturated rings. The van der Waals surface area contributed by atoms with Crippen LogP contribution in [-0.2, 0) is 0 Å². The lowest BCUT2D eigenvalue weighted by Crippen LogP contribution is -2.44. The van der Waals surface area contributed by atoms with Gasteiger partial charge < -0.3 is 9.75 Å². The molecule has 0 bridgehead atoms. The molecule has 1 heterocycles. The number of nitrogens with two attached hydrogens (primary N) is 1. The van der Waals surface area contributed by atoms with Gasteiger partial charge in [0.2, 0.25) is 0 Å². The van der Waals surface area contributed by atoms with Gasteiger partial charge in [-0.3, -0.25) is 0 Å². The molecular formula is C13H20N2O. The third-order valence-corrected chi connectivity index (χ3v) is 3.00. The third kappa shape index (κ3) is 2.47. The molecule has 0 spiro atoms. The number of para-hydroxylation sites is 2. The highest BCUT2D eigenvalue weighted by molar-refractivity contribution is 5.58. The van der Waals surface area contributed by atoms with Gasteiger partial charge in [-0.15, -0.1) is 0 Å². The fourth-order valence-electron chi connectivity index (χ4n) is 2.10. The van der Waals surface area contributed by atoms with Gasteiger partial charge in [-0.25, -0.2) is 5.84 Å². The first-order chi connectivity index (χ1) is 7.81. The maximum atomic E-state index is 5.99. The monoisotopic (exact) mass is 220 g/mol. The predicted molar refractivity (Wildman–Crippen MR) is 66.5 cm³/mol. The lowest BCUT2D eigenvalue weighted by Gasteiger charge is -2.33. The number of benzene rings is 1. The molecule has 3 heteroatoms. The maximum Gasteiger partial charge on any atom is 0.144 e. The largest absolute Gasteiger partial charge is 0.486 e. The van der Waals surface area contributed by atoms with Gasteiger partial charge in [-0.05, 0) is 25.0 Å². The molecule has 0 saturated heterocycles. The van der Waals surface area contributed by atoms with Gasteiger partial charge in [0.15, 0.2) is 0 Å². The Kier molecular flexibility index (Phi) is 3.67. The van der Waals surface area contributed by atoms with E-state index in [1.54, 1.807) is 5.01 Å². The molecule has 2 rings (SSSR count). The summed E-state index contributed by atoms with van der Waals surface area (Å²) in [5, 5.41) is 1.80. The predicted octanol–water partition coefficient (Wildman–Crippen LogP) is 2.71. The second kappa shape index (κ2) is 5.21. The highest BCUT2D eigenvalue weighted by Gasteiger charge is 2.22. The van der Waals surface area contributed by atoms with E-state index in [-0.39, 0.29) is 6.10 Å². The number of anilines is 1. The number of rotatable bonds is 4. The van der Waals surface area contributed by atoms with Crippen molar-refractivity contribution in [1.82, 2.24) is 0 Å². The molecule has 1 aromatic rings. The molecule has 0 saturated carbocycles. The molecule has 88 valence electrons. The van der Waals surface area contributed by atoms with Crippen molar-refractivity contribution < 1.29 is 4.74 Å². The van der Waals surface area contributed by atoms with E-state index in [1.165, 1.54) is 19.3 Å². The first-order valence-corrected chi connectivity index (χ1v) is 6.09. The van der Waals surface area contributed by atoms with Crippen molar-refractivity contribution in [3.05, 3.63) is 24.3 Å². The molecule has 3 nitrogen and oxygen atoms in total. The zero-order valence-corrected chi connectivity index (χ0v) is 9.86. The van der Waals surface area contributed by atoms with E-state index in [2.05, 4.69) is 6.92 Å². The lowest BCUT2D eigenvalue weighted by molar-refractivity contribution is 0.180. The van der Waals surface area contributed by atoms with Gasteiger partial charge >= 0.3 is 0 Å². The highest BCUT2D eigenvalue weighted by Crippen LogP contribution is 2.32. The van der Waals surface area contributed by atoms with Gasteiger partial charge in [-0.2, -0.15) is 0 Å². The third-order valence-electron chi connectivity index (χ3n) is 3.00. The fraction of sp³-hybridized carbons (Fsp3) is 0.538. The van der Waals surface area contributed by atoms with E-state index < -0.39 is 0 Å². The van der Waals surface area contributed by atoms with Gasteiger partial charge in [0.05, 0.1) is 12.2 Å². The van der Waals surface area contributed by atoms with Crippen LogP contribution in [0.4, 0.5) is 5.69 Å². The Morgan fingerprint density at radius 2 is 2.19 bits per heavy atom. The van der Waals surface area contributed by atoms with Crippen molar-refractivity contribution in [3.8, 4) is 5.75 Å². The topological polar surface area (TPSA) is 38.5 Å². The molecule has 0 amide bonds. The van der Waals surface area contributed by atoms with E-state index in [0.717, 1.165) is 24.4 Å². The molecule has 1 aromatic carbocycles. The van der Waals surface area contributed by atoms with Crippen LogP contribution in [0.25, 0.3) is 0 Å². The quantitative estimate of drug-likeness (QED) is 0.626. The van der Waals surface area contributed by atoms with Crippen LogP contribution in [0.5, 0.6) is 5.75 Å². The summed E-state index contributed by atoms with van der Waals surface area (Å²) in [4.78, 5) is 0. The van der Waals surface area contributed by atoms with Crippen molar-refractivity contribution in [3.63, 3.8) is 0 Å². The summed E-state index contributed by atoms with van der Waals surface area (Å²) in [6.07, 6.45) is 5.07. The van der Waals surface area contributed by atoms with E-state index in [9.17, 15) is 0 Å². The number of unbranched alkanes of at least 4 members (excludes halogenated alkanes) is 2. The Balaban J connectivity index is 1.98. The second-order valence-corrected chi connectivity index (χ2v) is 4.36. The Hall–Kier alpha value is -1.22. The summed E-state index contributed by atoms with van der Waals surface area (Å²) < 4.78 is 5.93. The molecule has 0 aromatic heterocycles. The molecule has 1 aliphatic heterocycles. The fourth-order valence-corrected chi connectivity index (χ4v) is 2.10. The van der Waals surface area contributed by atoms with Crippen molar-refractivity contribution in [2.45, 2.75) is 38.7 Å². The normalized spacial score (nSPS) is 19.1. The smallest absolute Gasteiger partial charge is 0.144 e. The van der Waals surface area contributed by atoms with Crippen LogP contribution in [0, 0.1) is 0 Å². The first kappa shape index (κ1) is 11.3. The maximum absolute atomic E-state index is 5.99. The van der Waals surface area contributed by atoms with Crippen LogP contribution in [0.15, 0.2) is 24.3 Å². The Bertz CT molecular complexity index is 340. The number of fused-ring (bicyclic) bond motifs is 1. The summed E-state index contributed by atoms with van der Waals surface area (Å²) in [7, 11) is 0. The zero-order chi connectivity index (χ0) is 11.4. The summed E-state index contributed by atoms with van der Waals surface area (Å²) in [6, 6.07) is 7.96. The van der Waals surface area contributed by atoms with Crippen LogP contribution in [0.2, 0.25) is 0 Å². The first-order valence-electron chi connectivity index (χ1n) is 6.09. The number of hydrogen-bond acceptors (Lipinski definition) is 3. The van der Waals surface area contributed by atoms with Crippen molar-refractivity contribution in [2.75, 3.05) is 11.6 Å². The summed E-state index contributed by atoms with van der Waals surface area (Å²) in [6.45, 7) is 3.01. The molecular weight excluding hydrogens is 200 g/mol. The minimum atomic E-state index is 0.242. The van der Waals surface area contributed by atoms with Crippen LogP contribution in [-0.4, -0.2) is 12.6 Å². The van der Waals surface area contributed by atoms with Gasteiger partial charge in [0.1, 0.15) is 11.9 Å². The van der Waals surface area contributed by atoms with E-state index in [0.29, 0.717) is 0 Å². The number of hydrazine groups is 1. The van der Waals surface area contributed by atoms with Crippen molar-refractivity contribution >= 4 is 5.69 Å². The van der Waals surface area contributed by atoms with E-state index in [4.69, 9.17) is 10.6 Å². The van der Waals surface area contributed by atoms with Crippen LogP contribution < -0.4 is 15.6 Å². The molecule has 16 heavy (non-hydrogen) atoms. The molecule has 1 unspecified atom stereocenters. The minimum Gasteiger partial charge on any atom is -0.486 e. The highest BCUT2D eigenvalue weighted by atomic mass is 16.5. The number of nitrogens with zero attached hydrogens (tertiary/aromatic N) is 1. The van der Waals surface area contributed by atoms with Gasteiger partial charge in [0.25, 0.3) is 0 Å². The molecule has 0 radical (unpaired) electrons. The molecule has 0 aliphatic carbocycles. The van der Waals surface area contributed by atoms with Gasteiger partial charge in [-0.1, -0.05) is 31.9 Å². The standard InChI is InChI=1S/C13H20N2O/c1-2-3-4-7-11-10-15(14)12-8-5-6-9-13(12)16-11/h5-6,8-9,11H,2-4,7,10,14H2,1H3. The Morgan fingerprint density at radius 1 is 1.38 bits per heavy atom. The average Bonchev–Trinajstić information content (AvgIpc) is 2.30. The van der Waals surface area contributed by atoms with Gasteiger partial charge in [0, 0.05) is 0 Å². The summed E-state index contributed by atoms with van der Waals surface area (Å²) >= 11 is 0. The van der Waals surface area contributed by atoms with Crippen LogP contribution in [0.1, 0.15) is 32.6 Å². The lowest BCUT2D eigenvalue weighted by atomic mass is 10.1. The summed E-state index contributed by atoms with van der Waals surface area (Å²) in [5.74, 6) is 6.91. The number of hydrogen-bond donors (Lipinski definition) is 1. The molecule has 1 aliphatic rings. The van der Waals surface area contributed by atoms with Crippen molar-refractivity contribution in [2.24, 2.45) is 5.84 Å². The SMILES string of the molecule is CCCCCC1CN(N)c2ccccc2O1. The molecule has 1 atom stereocenters. The Morgan fingerprint density at radius 3 is 3.00 bits per heavy atom. The van der Waals surface area contributed by atoms with Crippen LogP contribution >= 0.6 is 0 Å². The molecule has 2 N–H and O–H groups in total. The Labute approximate surface area is 97.2 Å². The number of ether oxygens (including phenoxy) is 1. The minimum absolute atomic E-state index is 0.242.